The number of ketones is 1. The maximum absolute atomic E-state index is 12.6. The van der Waals surface area contributed by atoms with Gasteiger partial charge in [0, 0.05) is 5.56 Å². The van der Waals surface area contributed by atoms with Crippen molar-refractivity contribution < 1.29 is 19.7 Å². The van der Waals surface area contributed by atoms with Crippen molar-refractivity contribution in [3.05, 3.63) is 34.9 Å². The topological polar surface area (TPSA) is 55.8 Å². The van der Waals surface area contributed by atoms with Crippen LogP contribution in [0.15, 0.2) is 18.2 Å². The van der Waals surface area contributed by atoms with Crippen molar-refractivity contribution in [1.29, 1.82) is 0 Å². The summed E-state index contributed by atoms with van der Waals surface area (Å²) in [5.41, 5.74) is -0.154. The first kappa shape index (κ1) is 22.8. The maximum atomic E-state index is 12.6. The van der Waals surface area contributed by atoms with Gasteiger partial charge in [-0.3, -0.25) is 4.79 Å². The molecular weight excluding hydrogens is 328 g/mol. The maximum Gasteiger partial charge on any atom is 0.194 e. The summed E-state index contributed by atoms with van der Waals surface area (Å²) in [5.74, 6) is -0.287. The SMILES string of the molecule is CCCC(C)(C)OOC(CC)(CC)c1ccc(C)c(C(=O)C(C)(C)O)c1. The number of hydrogen-bond donors (Lipinski definition) is 1. The Bertz CT molecular complexity index is 607. The van der Waals surface area contributed by atoms with Crippen molar-refractivity contribution in [2.45, 2.75) is 97.9 Å². The standard InChI is InChI=1S/C22H36O4/c1-9-14-20(5,6)25-26-22(10-2,11-3)17-13-12-16(4)18(15-17)19(23)21(7,8)24/h12-13,15,24H,9-11,14H2,1-8H3. The average Bonchev–Trinajstić information content (AvgIpc) is 2.55. The van der Waals surface area contributed by atoms with Crippen LogP contribution in [-0.4, -0.2) is 22.1 Å². The lowest BCUT2D eigenvalue weighted by Crippen LogP contribution is -2.35. The molecule has 4 nitrogen and oxygen atoms in total. The lowest BCUT2D eigenvalue weighted by Gasteiger charge is -2.35. The second kappa shape index (κ2) is 8.64. The predicted octanol–water partition coefficient (Wildman–Crippen LogP) is 5.49. The molecule has 0 fully saturated rings. The van der Waals surface area contributed by atoms with E-state index < -0.39 is 11.2 Å². The largest absolute Gasteiger partial charge is 0.382 e. The number of aryl methyl sites for hydroxylation is 1. The average molecular weight is 365 g/mol. The lowest BCUT2D eigenvalue weighted by molar-refractivity contribution is -0.415. The van der Waals surface area contributed by atoms with Crippen molar-refractivity contribution in [2.24, 2.45) is 0 Å². The van der Waals surface area contributed by atoms with Crippen LogP contribution in [0.5, 0.6) is 0 Å². The normalized spacial score (nSPS) is 13.1. The highest BCUT2D eigenvalue weighted by Crippen LogP contribution is 2.36. The molecule has 148 valence electrons. The monoisotopic (exact) mass is 364 g/mol. The van der Waals surface area contributed by atoms with E-state index in [0.717, 1.165) is 24.0 Å². The minimum atomic E-state index is -1.41. The minimum absolute atomic E-state index is 0.287. The first-order chi connectivity index (χ1) is 11.9. The number of benzene rings is 1. The van der Waals surface area contributed by atoms with Gasteiger partial charge in [-0.15, -0.1) is 0 Å². The molecule has 0 aromatic heterocycles. The van der Waals surface area contributed by atoms with Gasteiger partial charge in [0.25, 0.3) is 0 Å². The smallest absolute Gasteiger partial charge is 0.194 e. The molecule has 0 saturated carbocycles. The van der Waals surface area contributed by atoms with E-state index in [-0.39, 0.29) is 11.4 Å². The number of carbonyl (C=O) groups is 1. The molecule has 0 heterocycles. The quantitative estimate of drug-likeness (QED) is 0.339. The van der Waals surface area contributed by atoms with Gasteiger partial charge in [-0.05, 0) is 71.1 Å². The number of hydrogen-bond acceptors (Lipinski definition) is 4. The van der Waals surface area contributed by atoms with E-state index in [9.17, 15) is 9.90 Å². The zero-order valence-electron chi connectivity index (χ0n) is 17.7. The second-order valence-electron chi connectivity index (χ2n) is 8.30. The summed E-state index contributed by atoms with van der Waals surface area (Å²) in [7, 11) is 0. The molecule has 0 amide bonds. The Morgan fingerprint density at radius 1 is 1.04 bits per heavy atom. The van der Waals surface area contributed by atoms with Crippen molar-refractivity contribution in [3.63, 3.8) is 0 Å². The van der Waals surface area contributed by atoms with Crippen LogP contribution in [0, 0.1) is 6.92 Å². The van der Waals surface area contributed by atoms with Crippen molar-refractivity contribution in [3.8, 4) is 0 Å². The number of carbonyl (C=O) groups excluding carboxylic acids is 1. The zero-order chi connectivity index (χ0) is 20.2. The molecular formula is C22H36O4. The van der Waals surface area contributed by atoms with Crippen LogP contribution in [0.4, 0.5) is 0 Å². The lowest BCUT2D eigenvalue weighted by atomic mass is 9.84. The van der Waals surface area contributed by atoms with Gasteiger partial charge in [0.1, 0.15) is 11.2 Å². The van der Waals surface area contributed by atoms with Gasteiger partial charge in [-0.25, -0.2) is 9.78 Å². The van der Waals surface area contributed by atoms with E-state index in [1.807, 2.05) is 39.0 Å². The van der Waals surface area contributed by atoms with Gasteiger partial charge in [-0.2, -0.15) is 0 Å². The Labute approximate surface area is 158 Å². The Balaban J connectivity index is 3.27. The van der Waals surface area contributed by atoms with E-state index in [0.29, 0.717) is 18.4 Å². The summed E-state index contributed by atoms with van der Waals surface area (Å²) in [6, 6.07) is 5.74. The molecule has 0 unspecified atom stereocenters. The third-order valence-electron chi connectivity index (χ3n) is 4.99. The molecule has 0 saturated heterocycles. The number of aliphatic hydroxyl groups is 1. The highest BCUT2D eigenvalue weighted by Gasteiger charge is 2.35. The summed E-state index contributed by atoms with van der Waals surface area (Å²) in [6.07, 6.45) is 3.33. The molecule has 1 N–H and O–H groups in total. The van der Waals surface area contributed by atoms with Crippen LogP contribution in [-0.2, 0) is 15.4 Å². The van der Waals surface area contributed by atoms with Crippen molar-refractivity contribution in [2.75, 3.05) is 0 Å². The van der Waals surface area contributed by atoms with Crippen molar-refractivity contribution in [1.82, 2.24) is 0 Å². The van der Waals surface area contributed by atoms with Crippen LogP contribution in [0.2, 0.25) is 0 Å². The van der Waals surface area contributed by atoms with Crippen LogP contribution >= 0.6 is 0 Å². The third kappa shape index (κ3) is 5.38. The van der Waals surface area contributed by atoms with Gasteiger partial charge in [-0.1, -0.05) is 39.3 Å². The second-order valence-corrected chi connectivity index (χ2v) is 8.30. The van der Waals surface area contributed by atoms with Gasteiger partial charge in [0.15, 0.2) is 5.78 Å². The fourth-order valence-corrected chi connectivity index (χ4v) is 3.14. The van der Waals surface area contributed by atoms with Crippen LogP contribution in [0.25, 0.3) is 0 Å². The van der Waals surface area contributed by atoms with E-state index in [1.54, 1.807) is 0 Å². The molecule has 0 aliphatic carbocycles. The molecule has 0 radical (unpaired) electrons. The molecule has 0 bridgehead atoms. The molecule has 0 aliphatic heterocycles. The molecule has 0 aliphatic rings. The van der Waals surface area contributed by atoms with Gasteiger partial charge < -0.3 is 5.11 Å². The number of Topliss-reactive ketones (excluding diaryl/α,β-unsaturated/α-hetero) is 1. The van der Waals surface area contributed by atoms with Crippen LogP contribution in [0.1, 0.15) is 95.6 Å². The molecule has 26 heavy (non-hydrogen) atoms. The molecule has 0 atom stereocenters. The molecule has 1 aromatic carbocycles. The van der Waals surface area contributed by atoms with Gasteiger partial charge in [0.2, 0.25) is 0 Å². The van der Waals surface area contributed by atoms with Gasteiger partial charge in [0.05, 0.1) is 5.60 Å². The summed E-state index contributed by atoms with van der Waals surface area (Å²) in [5, 5.41) is 10.1. The van der Waals surface area contributed by atoms with Crippen LogP contribution < -0.4 is 0 Å². The third-order valence-corrected chi connectivity index (χ3v) is 4.99. The van der Waals surface area contributed by atoms with E-state index in [1.165, 1.54) is 13.8 Å². The minimum Gasteiger partial charge on any atom is -0.382 e. The molecule has 0 spiro atoms. The Morgan fingerprint density at radius 2 is 1.62 bits per heavy atom. The summed E-state index contributed by atoms with van der Waals surface area (Å²) >= 11 is 0. The summed E-state index contributed by atoms with van der Waals surface area (Å²) in [6.45, 7) is 15.2. The number of rotatable bonds is 10. The fourth-order valence-electron chi connectivity index (χ4n) is 3.14. The highest BCUT2D eigenvalue weighted by molar-refractivity contribution is 6.03. The molecule has 1 aromatic rings. The Hall–Kier alpha value is -1.23. The van der Waals surface area contributed by atoms with Gasteiger partial charge >= 0.3 is 0 Å². The first-order valence-corrected chi connectivity index (χ1v) is 9.67. The van der Waals surface area contributed by atoms with E-state index in [4.69, 9.17) is 9.78 Å². The van der Waals surface area contributed by atoms with E-state index in [2.05, 4.69) is 20.8 Å². The van der Waals surface area contributed by atoms with Crippen LogP contribution in [0.3, 0.4) is 0 Å². The van der Waals surface area contributed by atoms with E-state index >= 15 is 0 Å². The molecule has 4 heteroatoms. The predicted molar refractivity (Wildman–Crippen MR) is 105 cm³/mol. The first-order valence-electron chi connectivity index (χ1n) is 9.67. The Morgan fingerprint density at radius 3 is 2.08 bits per heavy atom. The summed E-state index contributed by atoms with van der Waals surface area (Å²) in [4.78, 5) is 24.5. The van der Waals surface area contributed by atoms with Crippen molar-refractivity contribution >= 4 is 5.78 Å². The summed E-state index contributed by atoms with van der Waals surface area (Å²) < 4.78 is 0. The zero-order valence-corrected chi connectivity index (χ0v) is 17.7. The molecule has 1 rings (SSSR count). The fraction of sp³-hybridized carbons (Fsp3) is 0.682. The highest BCUT2D eigenvalue weighted by atomic mass is 17.2. The Kier molecular flexibility index (Phi) is 7.58.